The van der Waals surface area contributed by atoms with E-state index in [-0.39, 0.29) is 13.2 Å². The van der Waals surface area contributed by atoms with Gasteiger partial charge in [-0.15, -0.1) is 0 Å². The van der Waals surface area contributed by atoms with Crippen molar-refractivity contribution in [1.29, 1.82) is 0 Å². The standard InChI is InChI=1S/C11H24O6/c1-2-14-3-4-15-5-6-16-7-8-17-10-11(13)9-12/h11-13H,2-10H2,1H3. The van der Waals surface area contributed by atoms with Crippen LogP contribution in [0.2, 0.25) is 0 Å². The van der Waals surface area contributed by atoms with Gasteiger partial charge in [0.25, 0.3) is 0 Å². The maximum absolute atomic E-state index is 8.95. The lowest BCUT2D eigenvalue weighted by atomic mass is 10.4. The highest BCUT2D eigenvalue weighted by atomic mass is 16.6. The van der Waals surface area contributed by atoms with E-state index in [4.69, 9.17) is 29.2 Å². The first-order valence-electron chi connectivity index (χ1n) is 5.91. The van der Waals surface area contributed by atoms with Crippen LogP contribution in [0.1, 0.15) is 6.92 Å². The molecule has 0 fully saturated rings. The van der Waals surface area contributed by atoms with Gasteiger partial charge < -0.3 is 29.2 Å². The number of aliphatic hydroxyl groups excluding tert-OH is 2. The molecule has 0 amide bonds. The summed E-state index contributed by atoms with van der Waals surface area (Å²) >= 11 is 0. The first kappa shape index (κ1) is 16.8. The van der Waals surface area contributed by atoms with Crippen LogP contribution in [0.3, 0.4) is 0 Å². The van der Waals surface area contributed by atoms with Crippen molar-refractivity contribution in [2.75, 3.05) is 59.5 Å². The first-order valence-corrected chi connectivity index (χ1v) is 5.91. The molecule has 0 bridgehead atoms. The van der Waals surface area contributed by atoms with E-state index in [0.29, 0.717) is 46.2 Å². The van der Waals surface area contributed by atoms with Crippen molar-refractivity contribution in [2.45, 2.75) is 13.0 Å². The molecule has 0 radical (unpaired) electrons. The van der Waals surface area contributed by atoms with Gasteiger partial charge in [-0.2, -0.15) is 0 Å². The number of hydrogen-bond acceptors (Lipinski definition) is 6. The Kier molecular flexibility index (Phi) is 13.6. The van der Waals surface area contributed by atoms with Crippen LogP contribution < -0.4 is 0 Å². The normalized spacial score (nSPS) is 12.9. The van der Waals surface area contributed by atoms with E-state index >= 15 is 0 Å². The third-order valence-corrected chi connectivity index (χ3v) is 1.84. The van der Waals surface area contributed by atoms with E-state index in [1.807, 2.05) is 6.92 Å². The van der Waals surface area contributed by atoms with Gasteiger partial charge in [-0.25, -0.2) is 0 Å². The van der Waals surface area contributed by atoms with E-state index < -0.39 is 6.10 Å². The highest BCUT2D eigenvalue weighted by molar-refractivity contribution is 4.48. The van der Waals surface area contributed by atoms with Gasteiger partial charge in [0.1, 0.15) is 6.10 Å². The molecule has 0 aliphatic rings. The van der Waals surface area contributed by atoms with Crippen LogP contribution in [0.4, 0.5) is 0 Å². The summed E-state index contributed by atoms with van der Waals surface area (Å²) in [7, 11) is 0. The zero-order valence-electron chi connectivity index (χ0n) is 10.5. The Morgan fingerprint density at radius 2 is 1.29 bits per heavy atom. The largest absolute Gasteiger partial charge is 0.394 e. The Balaban J connectivity index is 2.94. The molecule has 0 aliphatic carbocycles. The molecule has 6 heteroatoms. The zero-order valence-corrected chi connectivity index (χ0v) is 10.5. The average molecular weight is 252 g/mol. The van der Waals surface area contributed by atoms with Crippen LogP contribution in [-0.4, -0.2) is 75.8 Å². The maximum atomic E-state index is 8.95. The topological polar surface area (TPSA) is 77.4 Å². The minimum Gasteiger partial charge on any atom is -0.394 e. The van der Waals surface area contributed by atoms with Crippen LogP contribution in [0, 0.1) is 0 Å². The highest BCUT2D eigenvalue weighted by Crippen LogP contribution is 1.85. The van der Waals surface area contributed by atoms with Crippen molar-refractivity contribution >= 4 is 0 Å². The Labute approximate surface area is 102 Å². The fourth-order valence-corrected chi connectivity index (χ4v) is 0.974. The average Bonchev–Trinajstić information content (AvgIpc) is 2.35. The summed E-state index contributed by atoms with van der Waals surface area (Å²) in [5, 5.41) is 17.5. The summed E-state index contributed by atoms with van der Waals surface area (Å²) in [6.07, 6.45) is -0.808. The minimum atomic E-state index is -0.808. The highest BCUT2D eigenvalue weighted by Gasteiger charge is 2.00. The van der Waals surface area contributed by atoms with Crippen molar-refractivity contribution in [3.05, 3.63) is 0 Å². The maximum Gasteiger partial charge on any atom is 0.100 e. The Morgan fingerprint density at radius 1 is 0.824 bits per heavy atom. The van der Waals surface area contributed by atoms with Crippen LogP contribution in [0.5, 0.6) is 0 Å². The molecule has 0 aliphatic heterocycles. The molecule has 104 valence electrons. The predicted molar refractivity (Wildman–Crippen MR) is 62.0 cm³/mol. The van der Waals surface area contributed by atoms with Crippen LogP contribution in [0.15, 0.2) is 0 Å². The molecule has 0 saturated heterocycles. The molecule has 1 atom stereocenters. The molecule has 17 heavy (non-hydrogen) atoms. The second kappa shape index (κ2) is 13.8. The molecule has 0 spiro atoms. The summed E-state index contributed by atoms with van der Waals surface area (Å²) < 4.78 is 20.6. The third kappa shape index (κ3) is 13.7. The summed E-state index contributed by atoms with van der Waals surface area (Å²) in [5.74, 6) is 0. The molecular weight excluding hydrogens is 228 g/mol. The minimum absolute atomic E-state index is 0.130. The number of ether oxygens (including phenoxy) is 4. The second-order valence-electron chi connectivity index (χ2n) is 3.33. The fraction of sp³-hybridized carbons (Fsp3) is 1.00. The summed E-state index contributed by atoms with van der Waals surface area (Å²) in [4.78, 5) is 0. The van der Waals surface area contributed by atoms with Gasteiger partial charge in [0.05, 0.1) is 52.9 Å². The van der Waals surface area contributed by atoms with E-state index in [9.17, 15) is 0 Å². The smallest absolute Gasteiger partial charge is 0.100 e. The summed E-state index contributed by atoms with van der Waals surface area (Å²) in [5.41, 5.74) is 0. The summed E-state index contributed by atoms with van der Waals surface area (Å²) in [6, 6.07) is 0. The Bertz CT molecular complexity index is 144. The van der Waals surface area contributed by atoms with Crippen LogP contribution >= 0.6 is 0 Å². The van der Waals surface area contributed by atoms with E-state index in [2.05, 4.69) is 0 Å². The quantitative estimate of drug-likeness (QED) is 0.427. The van der Waals surface area contributed by atoms with Crippen LogP contribution in [0.25, 0.3) is 0 Å². The fourth-order valence-electron chi connectivity index (χ4n) is 0.974. The van der Waals surface area contributed by atoms with Crippen molar-refractivity contribution in [2.24, 2.45) is 0 Å². The van der Waals surface area contributed by atoms with Gasteiger partial charge in [0.15, 0.2) is 0 Å². The lowest BCUT2D eigenvalue weighted by molar-refractivity contribution is -0.0263. The van der Waals surface area contributed by atoms with Gasteiger partial charge in [0.2, 0.25) is 0 Å². The SMILES string of the molecule is CCOCCOCCOCCOCC(O)CO. The van der Waals surface area contributed by atoms with Crippen molar-refractivity contribution < 1.29 is 29.2 Å². The van der Waals surface area contributed by atoms with Gasteiger partial charge >= 0.3 is 0 Å². The molecule has 1 unspecified atom stereocenters. The molecule has 0 aromatic heterocycles. The monoisotopic (exact) mass is 252 g/mol. The predicted octanol–water partition coefficient (Wildman–Crippen LogP) is -0.574. The van der Waals surface area contributed by atoms with Gasteiger partial charge in [-0.1, -0.05) is 0 Å². The van der Waals surface area contributed by atoms with E-state index in [1.54, 1.807) is 0 Å². The van der Waals surface area contributed by atoms with Gasteiger partial charge in [0, 0.05) is 6.61 Å². The molecular formula is C11H24O6. The van der Waals surface area contributed by atoms with Crippen molar-refractivity contribution in [3.8, 4) is 0 Å². The summed E-state index contributed by atoms with van der Waals surface area (Å²) in [6.45, 7) is 5.58. The third-order valence-electron chi connectivity index (χ3n) is 1.84. The van der Waals surface area contributed by atoms with Gasteiger partial charge in [-0.05, 0) is 6.92 Å². The van der Waals surface area contributed by atoms with E-state index in [0.717, 1.165) is 0 Å². The molecule has 0 heterocycles. The first-order chi connectivity index (χ1) is 8.31. The zero-order chi connectivity index (χ0) is 12.8. The molecule has 6 nitrogen and oxygen atoms in total. The second-order valence-corrected chi connectivity index (χ2v) is 3.33. The molecule has 0 aromatic carbocycles. The van der Waals surface area contributed by atoms with Crippen LogP contribution in [-0.2, 0) is 18.9 Å². The molecule has 0 aromatic rings. The van der Waals surface area contributed by atoms with Crippen molar-refractivity contribution in [1.82, 2.24) is 0 Å². The lowest BCUT2D eigenvalue weighted by Gasteiger charge is -2.09. The van der Waals surface area contributed by atoms with Gasteiger partial charge in [-0.3, -0.25) is 0 Å². The van der Waals surface area contributed by atoms with E-state index in [1.165, 1.54) is 0 Å². The number of hydrogen-bond donors (Lipinski definition) is 2. The number of aliphatic hydroxyl groups is 2. The van der Waals surface area contributed by atoms with Crippen molar-refractivity contribution in [3.63, 3.8) is 0 Å². The lowest BCUT2D eigenvalue weighted by Crippen LogP contribution is -2.21. The Morgan fingerprint density at radius 3 is 1.76 bits per heavy atom. The molecule has 0 rings (SSSR count). The Hall–Kier alpha value is -0.240. The molecule has 0 saturated carbocycles. The molecule has 2 N–H and O–H groups in total. The number of rotatable bonds is 13.